The predicted octanol–water partition coefficient (Wildman–Crippen LogP) is 6.31. The number of ketones is 1. The Kier molecular flexibility index (Phi) is 6.03. The Balaban J connectivity index is 1.38. The molecule has 0 N–H and O–H groups in total. The molecule has 2 unspecified atom stereocenters. The molecule has 0 radical (unpaired) electrons. The second-order valence-electron chi connectivity index (χ2n) is 9.83. The number of allylic oxidation sites excluding steroid dienone is 4. The number of carbonyl (C=O) groups is 2. The molecular formula is C32H28O6. The van der Waals surface area contributed by atoms with E-state index in [2.05, 4.69) is 0 Å². The Morgan fingerprint density at radius 1 is 1.08 bits per heavy atom. The number of benzene rings is 2. The minimum atomic E-state index is -0.685. The zero-order chi connectivity index (χ0) is 26.4. The van der Waals surface area contributed by atoms with Crippen molar-refractivity contribution >= 4 is 17.8 Å². The first-order chi connectivity index (χ1) is 18.4. The molecule has 0 bridgehead atoms. The second-order valence-corrected chi connectivity index (χ2v) is 9.83. The Labute approximate surface area is 221 Å². The smallest absolute Gasteiger partial charge is 0.334 e. The lowest BCUT2D eigenvalue weighted by Crippen LogP contribution is -2.28. The molecule has 2 aromatic carbocycles. The number of aryl methyl sites for hydroxylation is 1. The summed E-state index contributed by atoms with van der Waals surface area (Å²) in [5.74, 6) is 0.853. The third-order valence-electron chi connectivity index (χ3n) is 7.26. The van der Waals surface area contributed by atoms with Crippen LogP contribution < -0.4 is 4.74 Å². The van der Waals surface area contributed by atoms with E-state index in [0.717, 1.165) is 40.0 Å². The summed E-state index contributed by atoms with van der Waals surface area (Å²) in [6.07, 6.45) is 4.25. The van der Waals surface area contributed by atoms with E-state index < -0.39 is 17.8 Å². The number of furan rings is 1. The van der Waals surface area contributed by atoms with Crippen LogP contribution in [0.4, 0.5) is 0 Å². The second kappa shape index (κ2) is 9.53. The zero-order valence-electron chi connectivity index (χ0n) is 21.6. The monoisotopic (exact) mass is 508 g/mol. The number of fused-ring (bicyclic) bond motifs is 2. The number of ether oxygens (including phenoxy) is 3. The van der Waals surface area contributed by atoms with Gasteiger partial charge in [-0.05, 0) is 67.8 Å². The fraction of sp³-hybridized carbons (Fsp3) is 0.250. The minimum absolute atomic E-state index is 0.187. The molecule has 3 aliphatic rings. The van der Waals surface area contributed by atoms with Crippen molar-refractivity contribution in [1.29, 1.82) is 0 Å². The average molecular weight is 509 g/mol. The topological polar surface area (TPSA) is 75.0 Å². The highest BCUT2D eigenvalue weighted by Gasteiger charge is 2.48. The molecule has 1 saturated heterocycles. The van der Waals surface area contributed by atoms with Gasteiger partial charge in [0.05, 0.1) is 19.1 Å². The van der Waals surface area contributed by atoms with Crippen molar-refractivity contribution in [3.05, 3.63) is 106 Å². The molecule has 1 fully saturated rings. The van der Waals surface area contributed by atoms with Crippen LogP contribution in [0.3, 0.4) is 0 Å². The Hall–Kier alpha value is -4.32. The molecule has 0 saturated carbocycles. The van der Waals surface area contributed by atoms with Crippen LogP contribution in [0.15, 0.2) is 87.8 Å². The van der Waals surface area contributed by atoms with E-state index >= 15 is 0 Å². The fourth-order valence-corrected chi connectivity index (χ4v) is 5.51. The van der Waals surface area contributed by atoms with Crippen LogP contribution in [-0.4, -0.2) is 25.0 Å². The molecule has 0 spiro atoms. The zero-order valence-corrected chi connectivity index (χ0v) is 21.6. The SMILES string of the molecule is CCOC(=O)C1=C(C)C=C2O/C(=C\c3ccc(-c4cccc(C)c4)o3)C(=O)C2C1c1ccc2c(c1)OCC2. The van der Waals surface area contributed by atoms with Crippen molar-refractivity contribution in [2.75, 3.05) is 13.2 Å². The summed E-state index contributed by atoms with van der Waals surface area (Å²) in [6, 6.07) is 17.7. The quantitative estimate of drug-likeness (QED) is 0.297. The maximum Gasteiger partial charge on any atom is 0.334 e. The first kappa shape index (κ1) is 24.0. The largest absolute Gasteiger partial charge is 0.493 e. The van der Waals surface area contributed by atoms with Gasteiger partial charge in [0.25, 0.3) is 0 Å². The first-order valence-corrected chi connectivity index (χ1v) is 12.9. The lowest BCUT2D eigenvalue weighted by molar-refractivity contribution is -0.139. The standard InChI is InChI=1S/C32H28O6/c1-4-35-32(34)28-19(3)15-26-30(29(28)22-9-8-20-12-13-36-25(20)16-22)31(33)27(38-26)17-23-10-11-24(37-23)21-7-5-6-18(2)14-21/h5-11,14-17,29-30H,4,12-13H2,1-3H3/b27-17-. The van der Waals surface area contributed by atoms with E-state index in [4.69, 9.17) is 18.6 Å². The van der Waals surface area contributed by atoms with Crippen molar-refractivity contribution < 1.29 is 28.2 Å². The Morgan fingerprint density at radius 2 is 1.95 bits per heavy atom. The van der Waals surface area contributed by atoms with Gasteiger partial charge in [-0.15, -0.1) is 0 Å². The van der Waals surface area contributed by atoms with Crippen LogP contribution in [0.2, 0.25) is 0 Å². The summed E-state index contributed by atoms with van der Waals surface area (Å²) in [4.78, 5) is 27.0. The maximum absolute atomic E-state index is 13.8. The molecule has 38 heavy (non-hydrogen) atoms. The molecule has 192 valence electrons. The van der Waals surface area contributed by atoms with Crippen LogP contribution in [0.1, 0.15) is 42.2 Å². The summed E-state index contributed by atoms with van der Waals surface area (Å²) in [6.45, 7) is 6.52. The summed E-state index contributed by atoms with van der Waals surface area (Å²) < 4.78 is 23.4. The van der Waals surface area contributed by atoms with Gasteiger partial charge in [-0.2, -0.15) is 0 Å². The highest BCUT2D eigenvalue weighted by Crippen LogP contribution is 2.49. The molecule has 2 atom stereocenters. The van der Waals surface area contributed by atoms with Crippen molar-refractivity contribution in [2.45, 2.75) is 33.1 Å². The number of esters is 1. The highest BCUT2D eigenvalue weighted by atomic mass is 16.5. The lowest BCUT2D eigenvalue weighted by Gasteiger charge is -2.29. The van der Waals surface area contributed by atoms with Crippen LogP contribution in [0.25, 0.3) is 17.4 Å². The van der Waals surface area contributed by atoms with E-state index in [9.17, 15) is 9.59 Å². The molecule has 1 aliphatic carbocycles. The number of hydrogen-bond acceptors (Lipinski definition) is 6. The van der Waals surface area contributed by atoms with E-state index in [-0.39, 0.29) is 18.1 Å². The number of hydrogen-bond donors (Lipinski definition) is 0. The normalized spacial score (nSPS) is 21.1. The van der Waals surface area contributed by atoms with Crippen molar-refractivity contribution in [3.63, 3.8) is 0 Å². The van der Waals surface area contributed by atoms with Gasteiger partial charge in [-0.3, -0.25) is 4.79 Å². The van der Waals surface area contributed by atoms with Crippen molar-refractivity contribution in [2.24, 2.45) is 5.92 Å². The predicted molar refractivity (Wildman–Crippen MR) is 142 cm³/mol. The van der Waals surface area contributed by atoms with Gasteiger partial charge in [0.2, 0.25) is 5.78 Å². The summed E-state index contributed by atoms with van der Waals surface area (Å²) in [7, 11) is 0. The third-order valence-corrected chi connectivity index (χ3v) is 7.26. The molecule has 6 heteroatoms. The molecule has 2 aliphatic heterocycles. The summed E-state index contributed by atoms with van der Waals surface area (Å²) >= 11 is 0. The van der Waals surface area contributed by atoms with Crippen LogP contribution in [0, 0.1) is 12.8 Å². The van der Waals surface area contributed by atoms with E-state index in [1.807, 2.05) is 68.4 Å². The first-order valence-electron chi connectivity index (χ1n) is 12.9. The number of carbonyl (C=O) groups excluding carboxylic acids is 2. The van der Waals surface area contributed by atoms with Crippen LogP contribution in [0.5, 0.6) is 5.75 Å². The van der Waals surface area contributed by atoms with E-state index in [1.165, 1.54) is 0 Å². The Bertz CT molecular complexity index is 1550. The molecular weight excluding hydrogens is 480 g/mol. The van der Waals surface area contributed by atoms with Gasteiger partial charge in [0.1, 0.15) is 23.0 Å². The number of rotatable bonds is 5. The molecule has 1 aromatic heterocycles. The fourth-order valence-electron chi connectivity index (χ4n) is 5.51. The van der Waals surface area contributed by atoms with Gasteiger partial charge in [-0.1, -0.05) is 35.9 Å². The maximum atomic E-state index is 13.8. The van der Waals surface area contributed by atoms with Gasteiger partial charge in [0, 0.05) is 29.6 Å². The summed E-state index contributed by atoms with van der Waals surface area (Å²) in [5, 5.41) is 0. The minimum Gasteiger partial charge on any atom is -0.493 e. The van der Waals surface area contributed by atoms with Crippen LogP contribution >= 0.6 is 0 Å². The molecule has 0 amide bonds. The third kappa shape index (κ3) is 4.16. The van der Waals surface area contributed by atoms with Gasteiger partial charge >= 0.3 is 5.97 Å². The molecule has 6 nitrogen and oxygen atoms in total. The van der Waals surface area contributed by atoms with Gasteiger partial charge in [-0.25, -0.2) is 4.79 Å². The van der Waals surface area contributed by atoms with E-state index in [1.54, 1.807) is 19.1 Å². The Morgan fingerprint density at radius 3 is 2.76 bits per heavy atom. The molecule has 6 rings (SSSR count). The average Bonchev–Trinajstić information content (AvgIpc) is 3.63. The molecule has 3 heterocycles. The van der Waals surface area contributed by atoms with Crippen molar-refractivity contribution in [3.8, 4) is 17.1 Å². The van der Waals surface area contributed by atoms with Crippen LogP contribution in [-0.2, 0) is 25.5 Å². The van der Waals surface area contributed by atoms with Gasteiger partial charge < -0.3 is 18.6 Å². The molecule has 3 aromatic rings. The van der Waals surface area contributed by atoms with Crippen molar-refractivity contribution in [1.82, 2.24) is 0 Å². The number of Topliss-reactive ketones (excluding diaryl/α,β-unsaturated/α-hetero) is 1. The van der Waals surface area contributed by atoms with Gasteiger partial charge in [0.15, 0.2) is 5.76 Å². The van der Waals surface area contributed by atoms with E-state index in [0.29, 0.717) is 29.5 Å². The highest BCUT2D eigenvalue weighted by molar-refractivity contribution is 6.06. The lowest BCUT2D eigenvalue weighted by atomic mass is 9.73. The summed E-state index contributed by atoms with van der Waals surface area (Å²) in [5.41, 5.74) is 5.22.